The van der Waals surface area contributed by atoms with Crippen molar-refractivity contribution in [3.05, 3.63) is 124 Å². The zero-order chi connectivity index (χ0) is 28.1. The van der Waals surface area contributed by atoms with Gasteiger partial charge in [-0.15, -0.1) is 6.58 Å². The van der Waals surface area contributed by atoms with Crippen molar-refractivity contribution in [3.63, 3.8) is 0 Å². The second kappa shape index (κ2) is 12.3. The highest BCUT2D eigenvalue weighted by atomic mass is 32.2. The molecule has 0 unspecified atom stereocenters. The van der Waals surface area contributed by atoms with Crippen LogP contribution in [0.2, 0.25) is 0 Å². The van der Waals surface area contributed by atoms with Crippen LogP contribution >= 0.6 is 11.8 Å². The molecule has 0 N–H and O–H groups in total. The highest BCUT2D eigenvalue weighted by Crippen LogP contribution is 2.38. The number of rotatable bonds is 10. The number of hydrogen-bond donors (Lipinski definition) is 0. The molecule has 5 rings (SSSR count). The number of amides is 2. The molecule has 202 valence electrons. The largest absolute Gasteiger partial charge is 0.490 e. The van der Waals surface area contributed by atoms with E-state index < -0.39 is 0 Å². The Morgan fingerprint density at radius 2 is 1.70 bits per heavy atom. The van der Waals surface area contributed by atoms with Crippen molar-refractivity contribution in [1.82, 2.24) is 4.90 Å². The van der Waals surface area contributed by atoms with E-state index in [1.807, 2.05) is 79.7 Å². The van der Waals surface area contributed by atoms with E-state index in [1.165, 1.54) is 10.5 Å². The molecule has 0 aromatic heterocycles. The third-order valence-corrected chi connectivity index (χ3v) is 7.61. The number of carbonyl (C=O) groups excluding carboxylic acids is 2. The van der Waals surface area contributed by atoms with Gasteiger partial charge in [0, 0.05) is 5.56 Å². The third-order valence-electron chi connectivity index (χ3n) is 6.70. The number of nitrogens with zero attached hydrogens (tertiary/aromatic N) is 1. The van der Waals surface area contributed by atoms with Crippen molar-refractivity contribution in [1.29, 1.82) is 0 Å². The lowest BCUT2D eigenvalue weighted by Gasteiger charge is -2.17. The topological polar surface area (TPSA) is 55.8 Å². The second-order valence-electron chi connectivity index (χ2n) is 9.61. The average Bonchev–Trinajstić information content (AvgIpc) is 3.21. The van der Waals surface area contributed by atoms with Gasteiger partial charge < -0.3 is 9.47 Å². The van der Waals surface area contributed by atoms with Crippen molar-refractivity contribution >= 4 is 39.8 Å². The lowest BCUT2D eigenvalue weighted by molar-refractivity contribution is -0.123. The molecule has 2 amide bonds. The molecule has 1 heterocycles. The molecule has 0 atom stereocenters. The van der Waals surface area contributed by atoms with Crippen LogP contribution in [0.15, 0.2) is 96.4 Å². The molecule has 0 aliphatic carbocycles. The van der Waals surface area contributed by atoms with E-state index in [-0.39, 0.29) is 17.7 Å². The highest BCUT2D eigenvalue weighted by molar-refractivity contribution is 8.18. The number of thioether (sulfide) groups is 1. The molecule has 1 aliphatic heterocycles. The lowest BCUT2D eigenvalue weighted by Crippen LogP contribution is -2.27. The van der Waals surface area contributed by atoms with Crippen LogP contribution in [0.3, 0.4) is 0 Å². The number of aryl methyl sites for hydroxylation is 1. The van der Waals surface area contributed by atoms with Crippen LogP contribution in [0.25, 0.3) is 16.8 Å². The first-order chi connectivity index (χ1) is 19.5. The third kappa shape index (κ3) is 5.97. The molecule has 4 aromatic carbocycles. The van der Waals surface area contributed by atoms with Crippen LogP contribution in [0.5, 0.6) is 11.5 Å². The fourth-order valence-corrected chi connectivity index (χ4v) is 5.57. The van der Waals surface area contributed by atoms with Crippen molar-refractivity contribution in [2.75, 3.05) is 6.61 Å². The molecule has 40 heavy (non-hydrogen) atoms. The summed E-state index contributed by atoms with van der Waals surface area (Å²) in [6.07, 6.45) is 4.13. The van der Waals surface area contributed by atoms with E-state index in [0.717, 1.165) is 44.8 Å². The fourth-order valence-electron chi connectivity index (χ4n) is 4.73. The maximum Gasteiger partial charge on any atom is 0.293 e. The Bertz CT molecular complexity index is 1600. The molecule has 5 nitrogen and oxygen atoms in total. The van der Waals surface area contributed by atoms with Crippen LogP contribution in [-0.4, -0.2) is 22.7 Å². The molecular weight excluding hydrogens is 518 g/mol. The maximum absolute atomic E-state index is 13.4. The van der Waals surface area contributed by atoms with Gasteiger partial charge in [-0.25, -0.2) is 0 Å². The molecule has 0 bridgehead atoms. The Morgan fingerprint density at radius 1 is 0.925 bits per heavy atom. The van der Waals surface area contributed by atoms with Gasteiger partial charge in [0.1, 0.15) is 6.61 Å². The van der Waals surface area contributed by atoms with Crippen molar-refractivity contribution < 1.29 is 19.1 Å². The van der Waals surface area contributed by atoms with Crippen molar-refractivity contribution in [2.45, 2.75) is 33.4 Å². The normalized spacial score (nSPS) is 14.2. The molecule has 0 radical (unpaired) electrons. The first kappa shape index (κ1) is 27.3. The van der Waals surface area contributed by atoms with E-state index in [4.69, 9.17) is 9.47 Å². The SMILES string of the molecule is C=CCc1cc(/C=C2/SC(=O)N(Cc3cccc4ccccc34)C2=O)cc(OCC)c1OCc1ccc(C)cc1. The molecule has 4 aromatic rings. The average molecular weight is 550 g/mol. The van der Waals surface area contributed by atoms with E-state index >= 15 is 0 Å². The van der Waals surface area contributed by atoms with Crippen molar-refractivity contribution in [3.8, 4) is 11.5 Å². The Hall–Kier alpha value is -4.29. The zero-order valence-electron chi connectivity index (χ0n) is 22.7. The smallest absolute Gasteiger partial charge is 0.293 e. The molecule has 1 aliphatic rings. The van der Waals surface area contributed by atoms with E-state index in [0.29, 0.717) is 36.0 Å². The minimum Gasteiger partial charge on any atom is -0.490 e. The van der Waals surface area contributed by atoms with Gasteiger partial charge in [-0.2, -0.15) is 0 Å². The number of fused-ring (bicyclic) bond motifs is 1. The number of allylic oxidation sites excluding steroid dienone is 1. The molecule has 0 spiro atoms. The highest BCUT2D eigenvalue weighted by Gasteiger charge is 2.35. The van der Waals surface area contributed by atoms with Gasteiger partial charge >= 0.3 is 0 Å². The Balaban J connectivity index is 1.42. The molecular formula is C34H31NO4S. The molecule has 6 heteroatoms. The quantitative estimate of drug-likeness (QED) is 0.148. The summed E-state index contributed by atoms with van der Waals surface area (Å²) in [5, 5.41) is 1.83. The number of benzene rings is 4. The fraction of sp³-hybridized carbons (Fsp3) is 0.176. The standard InChI is InChI=1S/C34H31NO4S/c1-4-9-27-18-25(19-30(38-5-2)32(27)39-22-24-16-14-23(3)15-17-24)20-31-33(36)35(34(37)40-31)21-28-12-8-11-26-10-6-7-13-29(26)28/h4,6-8,10-20H,1,5,9,21-22H2,2-3H3/b31-20+. The van der Waals surface area contributed by atoms with Gasteiger partial charge in [-0.1, -0.05) is 78.4 Å². The summed E-state index contributed by atoms with van der Waals surface area (Å²) in [6, 6.07) is 25.9. The van der Waals surface area contributed by atoms with Crippen LogP contribution in [-0.2, 0) is 24.4 Å². The van der Waals surface area contributed by atoms with Gasteiger partial charge in [0.15, 0.2) is 11.5 Å². The predicted molar refractivity (Wildman–Crippen MR) is 162 cm³/mol. The predicted octanol–water partition coefficient (Wildman–Crippen LogP) is 8.09. The summed E-state index contributed by atoms with van der Waals surface area (Å²) >= 11 is 0.959. The summed E-state index contributed by atoms with van der Waals surface area (Å²) in [4.78, 5) is 28.0. The van der Waals surface area contributed by atoms with E-state index in [9.17, 15) is 9.59 Å². The molecule has 1 saturated heterocycles. The Morgan fingerprint density at radius 3 is 2.48 bits per heavy atom. The summed E-state index contributed by atoms with van der Waals surface area (Å²) < 4.78 is 12.2. The number of imide groups is 1. The van der Waals surface area contributed by atoms with Crippen LogP contribution in [0, 0.1) is 6.92 Å². The summed E-state index contributed by atoms with van der Waals surface area (Å²) in [6.45, 7) is 8.96. The van der Waals surface area contributed by atoms with Crippen LogP contribution < -0.4 is 9.47 Å². The first-order valence-electron chi connectivity index (χ1n) is 13.3. The molecule has 1 fully saturated rings. The molecule has 0 saturated carbocycles. The zero-order valence-corrected chi connectivity index (χ0v) is 23.5. The minimum atomic E-state index is -0.300. The van der Waals surface area contributed by atoms with Crippen molar-refractivity contribution in [2.24, 2.45) is 0 Å². The number of ether oxygens (including phenoxy) is 2. The summed E-state index contributed by atoms with van der Waals surface area (Å²) in [5.74, 6) is 0.949. The van der Waals surface area contributed by atoms with Gasteiger partial charge in [0.05, 0.1) is 18.1 Å². The van der Waals surface area contributed by atoms with Gasteiger partial charge in [0.2, 0.25) is 0 Å². The van der Waals surface area contributed by atoms with E-state index in [2.05, 4.69) is 25.6 Å². The van der Waals surface area contributed by atoms with Crippen LogP contribution in [0.4, 0.5) is 4.79 Å². The monoisotopic (exact) mass is 549 g/mol. The van der Waals surface area contributed by atoms with E-state index in [1.54, 1.807) is 6.08 Å². The summed E-state index contributed by atoms with van der Waals surface area (Å²) in [5.41, 5.74) is 4.84. The summed E-state index contributed by atoms with van der Waals surface area (Å²) in [7, 11) is 0. The Kier molecular flexibility index (Phi) is 8.37. The number of hydrogen-bond acceptors (Lipinski definition) is 5. The lowest BCUT2D eigenvalue weighted by atomic mass is 10.0. The van der Waals surface area contributed by atoms with Gasteiger partial charge in [-0.3, -0.25) is 14.5 Å². The van der Waals surface area contributed by atoms with Crippen LogP contribution in [0.1, 0.15) is 34.7 Å². The van der Waals surface area contributed by atoms with Gasteiger partial charge in [-0.05, 0) is 77.7 Å². The van der Waals surface area contributed by atoms with Gasteiger partial charge in [0.25, 0.3) is 11.1 Å². The Labute approximate surface area is 239 Å². The minimum absolute atomic E-state index is 0.223. The first-order valence-corrected chi connectivity index (χ1v) is 14.1. The second-order valence-corrected chi connectivity index (χ2v) is 10.6. The maximum atomic E-state index is 13.4. The number of carbonyl (C=O) groups is 2.